The fourth-order valence-electron chi connectivity index (χ4n) is 4.01. The molecule has 11 heteroatoms. The molecule has 0 spiro atoms. The molecule has 5 atom stereocenters. The van der Waals surface area contributed by atoms with Crippen molar-refractivity contribution in [2.75, 3.05) is 6.61 Å². The molecule has 0 aliphatic rings. The van der Waals surface area contributed by atoms with Crippen molar-refractivity contribution in [3.05, 3.63) is 36.0 Å². The van der Waals surface area contributed by atoms with Crippen molar-refractivity contribution in [2.24, 2.45) is 17.6 Å². The summed E-state index contributed by atoms with van der Waals surface area (Å²) in [5.74, 6) is -3.46. The van der Waals surface area contributed by atoms with E-state index in [1.807, 2.05) is 51.2 Å². The van der Waals surface area contributed by atoms with Gasteiger partial charge in [0.2, 0.25) is 17.7 Å². The number of nitrogens with two attached hydrogens (primary N) is 1. The molecule has 2 rings (SSSR count). The Balaban J connectivity index is 2.13. The van der Waals surface area contributed by atoms with Gasteiger partial charge in [-0.2, -0.15) is 0 Å². The Morgan fingerprint density at radius 1 is 0.973 bits per heavy atom. The zero-order valence-corrected chi connectivity index (χ0v) is 21.8. The number of aromatic nitrogens is 1. The molecule has 1 aromatic carbocycles. The highest BCUT2D eigenvalue weighted by Gasteiger charge is 2.32. The topological polar surface area (TPSA) is 187 Å². The summed E-state index contributed by atoms with van der Waals surface area (Å²) < 4.78 is 0. The number of carboxylic acids is 1. The molecular weight excluding hydrogens is 478 g/mol. The summed E-state index contributed by atoms with van der Waals surface area (Å²) in [6.45, 7) is 6.60. The summed E-state index contributed by atoms with van der Waals surface area (Å²) in [5, 5.41) is 27.0. The zero-order valence-electron chi connectivity index (χ0n) is 21.8. The molecule has 2 aromatic rings. The largest absolute Gasteiger partial charge is 0.480 e. The van der Waals surface area contributed by atoms with Crippen LogP contribution in [0.5, 0.6) is 0 Å². The van der Waals surface area contributed by atoms with E-state index in [4.69, 9.17) is 10.8 Å². The lowest BCUT2D eigenvalue weighted by molar-refractivity contribution is -0.143. The van der Waals surface area contributed by atoms with E-state index < -0.39 is 54.5 Å². The van der Waals surface area contributed by atoms with Crippen molar-refractivity contribution >= 4 is 34.6 Å². The third-order valence-corrected chi connectivity index (χ3v) is 6.38. The smallest absolute Gasteiger partial charge is 0.328 e. The number of para-hydroxylation sites is 1. The van der Waals surface area contributed by atoms with Crippen molar-refractivity contribution in [3.63, 3.8) is 0 Å². The number of nitrogens with one attached hydrogen (secondary N) is 4. The van der Waals surface area contributed by atoms with Crippen LogP contribution in [0.1, 0.15) is 46.1 Å². The number of carbonyl (C=O) groups is 4. The van der Waals surface area contributed by atoms with Crippen LogP contribution in [0.4, 0.5) is 0 Å². The number of rotatable bonds is 14. The molecule has 5 unspecified atom stereocenters. The van der Waals surface area contributed by atoms with E-state index in [1.165, 1.54) is 0 Å². The normalized spacial score (nSPS) is 15.4. The second kappa shape index (κ2) is 13.8. The van der Waals surface area contributed by atoms with Crippen LogP contribution >= 0.6 is 0 Å². The molecule has 0 aliphatic heterocycles. The predicted octanol–water partition coefficient (Wildman–Crippen LogP) is 0.661. The lowest BCUT2D eigenvalue weighted by Crippen LogP contribution is -2.59. The molecule has 1 aromatic heterocycles. The summed E-state index contributed by atoms with van der Waals surface area (Å²) in [6.07, 6.45) is 2.88. The van der Waals surface area contributed by atoms with Gasteiger partial charge in [-0.25, -0.2) is 4.79 Å². The maximum atomic E-state index is 13.3. The fourth-order valence-corrected chi connectivity index (χ4v) is 4.01. The van der Waals surface area contributed by atoms with Crippen LogP contribution in [0.2, 0.25) is 0 Å². The number of hydrogen-bond acceptors (Lipinski definition) is 6. The van der Waals surface area contributed by atoms with Crippen LogP contribution in [0.15, 0.2) is 30.5 Å². The first-order chi connectivity index (χ1) is 17.5. The van der Waals surface area contributed by atoms with Gasteiger partial charge >= 0.3 is 5.97 Å². The minimum Gasteiger partial charge on any atom is -0.480 e. The number of aromatic amines is 1. The second-order valence-electron chi connectivity index (χ2n) is 9.81. The Hall–Kier alpha value is -3.44. The van der Waals surface area contributed by atoms with E-state index in [2.05, 4.69) is 20.9 Å². The zero-order chi connectivity index (χ0) is 27.7. The summed E-state index contributed by atoms with van der Waals surface area (Å²) in [4.78, 5) is 53.4. The van der Waals surface area contributed by atoms with Gasteiger partial charge in [0.05, 0.1) is 12.6 Å². The van der Waals surface area contributed by atoms with Crippen LogP contribution < -0.4 is 21.7 Å². The molecule has 1 heterocycles. The predicted molar refractivity (Wildman–Crippen MR) is 139 cm³/mol. The molecule has 37 heavy (non-hydrogen) atoms. The Morgan fingerprint density at radius 3 is 2.22 bits per heavy atom. The van der Waals surface area contributed by atoms with Crippen molar-refractivity contribution in [3.8, 4) is 0 Å². The highest BCUT2D eigenvalue weighted by Crippen LogP contribution is 2.19. The molecule has 204 valence electrons. The number of amides is 3. The SMILES string of the molecule is CCC(C)C(NC(=O)C(N)Cc1c[nH]c2ccccc12)C(=O)NC(CC(C)C)C(=O)NC(CO)C(=O)O. The number of carbonyl (C=O) groups excluding carboxylic acids is 3. The van der Waals surface area contributed by atoms with Crippen LogP contribution in [0, 0.1) is 11.8 Å². The van der Waals surface area contributed by atoms with Crippen molar-refractivity contribution in [1.82, 2.24) is 20.9 Å². The molecule has 0 saturated carbocycles. The number of aliphatic hydroxyl groups is 1. The molecular formula is C26H39N5O6. The minimum absolute atomic E-state index is 0.00492. The molecule has 0 radical (unpaired) electrons. The van der Waals surface area contributed by atoms with E-state index in [0.29, 0.717) is 6.42 Å². The van der Waals surface area contributed by atoms with Gasteiger partial charge in [0, 0.05) is 17.1 Å². The van der Waals surface area contributed by atoms with Crippen LogP contribution in [0.3, 0.4) is 0 Å². The van der Waals surface area contributed by atoms with E-state index in [0.717, 1.165) is 16.5 Å². The Labute approximate surface area is 216 Å². The summed E-state index contributed by atoms with van der Waals surface area (Å²) in [7, 11) is 0. The summed E-state index contributed by atoms with van der Waals surface area (Å²) in [5.41, 5.74) is 8.02. The lowest BCUT2D eigenvalue weighted by Gasteiger charge is -2.28. The summed E-state index contributed by atoms with van der Waals surface area (Å²) >= 11 is 0. The molecule has 0 aliphatic carbocycles. The average molecular weight is 518 g/mol. The maximum Gasteiger partial charge on any atom is 0.328 e. The van der Waals surface area contributed by atoms with Gasteiger partial charge in [0.1, 0.15) is 18.1 Å². The number of aliphatic hydroxyl groups excluding tert-OH is 1. The standard InChI is InChI=1S/C26H39N5O6/c1-5-15(4)22(25(35)29-20(10-14(2)3)24(34)30-21(13-32)26(36)37)31-23(33)18(27)11-16-12-28-19-9-7-6-8-17(16)19/h6-9,12,14-15,18,20-22,28,32H,5,10-11,13,27H2,1-4H3,(H,29,35)(H,30,34)(H,31,33)(H,36,37). The van der Waals surface area contributed by atoms with Gasteiger partial charge in [-0.05, 0) is 36.3 Å². The van der Waals surface area contributed by atoms with Crippen LogP contribution in [-0.4, -0.2) is 69.7 Å². The number of H-pyrrole nitrogens is 1. The molecule has 0 fully saturated rings. The third kappa shape index (κ3) is 8.29. The fraction of sp³-hybridized carbons (Fsp3) is 0.538. The maximum absolute atomic E-state index is 13.3. The first-order valence-corrected chi connectivity index (χ1v) is 12.5. The number of fused-ring (bicyclic) bond motifs is 1. The van der Waals surface area contributed by atoms with Crippen molar-refractivity contribution in [2.45, 2.75) is 71.1 Å². The van der Waals surface area contributed by atoms with Gasteiger partial charge in [-0.15, -0.1) is 0 Å². The molecule has 0 bridgehead atoms. The highest BCUT2D eigenvalue weighted by molar-refractivity contribution is 5.94. The number of hydrogen-bond donors (Lipinski definition) is 7. The Morgan fingerprint density at radius 2 is 1.62 bits per heavy atom. The lowest BCUT2D eigenvalue weighted by atomic mass is 9.96. The molecule has 0 saturated heterocycles. The second-order valence-corrected chi connectivity index (χ2v) is 9.81. The van der Waals surface area contributed by atoms with Gasteiger partial charge in [-0.1, -0.05) is 52.3 Å². The average Bonchev–Trinajstić information content (AvgIpc) is 3.26. The first-order valence-electron chi connectivity index (χ1n) is 12.5. The first kappa shape index (κ1) is 29.8. The van der Waals surface area contributed by atoms with Crippen molar-refractivity contribution in [1.29, 1.82) is 0 Å². The monoisotopic (exact) mass is 517 g/mol. The summed E-state index contributed by atoms with van der Waals surface area (Å²) in [6, 6.07) is 3.26. The third-order valence-electron chi connectivity index (χ3n) is 6.38. The van der Waals surface area contributed by atoms with E-state index >= 15 is 0 Å². The molecule has 8 N–H and O–H groups in total. The van der Waals surface area contributed by atoms with Crippen LogP contribution in [-0.2, 0) is 25.6 Å². The van der Waals surface area contributed by atoms with Crippen LogP contribution in [0.25, 0.3) is 10.9 Å². The van der Waals surface area contributed by atoms with Crippen molar-refractivity contribution < 1.29 is 29.4 Å². The van der Waals surface area contributed by atoms with E-state index in [9.17, 15) is 24.3 Å². The minimum atomic E-state index is -1.49. The molecule has 3 amide bonds. The Bertz CT molecular complexity index is 1080. The molecule has 11 nitrogen and oxygen atoms in total. The van der Waals surface area contributed by atoms with Gasteiger partial charge in [0.15, 0.2) is 0 Å². The number of aliphatic carboxylic acids is 1. The highest BCUT2D eigenvalue weighted by atomic mass is 16.4. The Kier molecular flexibility index (Phi) is 11.1. The van der Waals surface area contributed by atoms with E-state index in [1.54, 1.807) is 6.92 Å². The van der Waals surface area contributed by atoms with Gasteiger partial charge < -0.3 is 36.9 Å². The number of benzene rings is 1. The van der Waals surface area contributed by atoms with Gasteiger partial charge in [-0.3, -0.25) is 14.4 Å². The van der Waals surface area contributed by atoms with E-state index in [-0.39, 0.29) is 24.7 Å². The van der Waals surface area contributed by atoms with Gasteiger partial charge in [0.25, 0.3) is 0 Å². The number of carboxylic acid groups (broad SMARTS) is 1. The quantitative estimate of drug-likeness (QED) is 0.192.